The van der Waals surface area contributed by atoms with Crippen LogP contribution in [0.4, 0.5) is 45.2 Å². The average molecular weight is 670 g/mol. The second-order valence-corrected chi connectivity index (χ2v) is 10.8. The molecule has 0 aromatic heterocycles. The van der Waals surface area contributed by atoms with Crippen LogP contribution in [0.5, 0.6) is 0 Å². The molecule has 1 aliphatic heterocycles. The predicted octanol–water partition coefficient (Wildman–Crippen LogP) is 9.04. The summed E-state index contributed by atoms with van der Waals surface area (Å²) in [6, 6.07) is 19.3. The van der Waals surface area contributed by atoms with Crippen LogP contribution in [-0.2, 0) is 28.7 Å². The Bertz CT molecular complexity index is 1750. The molecule has 1 N–H and O–H groups in total. The van der Waals surface area contributed by atoms with Gasteiger partial charge in [0.1, 0.15) is 6.54 Å². The second-order valence-electron chi connectivity index (χ2n) is 10.4. The van der Waals surface area contributed by atoms with Crippen LogP contribution >= 0.6 is 11.6 Å². The molecule has 0 bridgehead atoms. The van der Waals surface area contributed by atoms with Crippen molar-refractivity contribution in [2.24, 2.45) is 5.10 Å². The normalized spacial score (nSPS) is 17.2. The number of benzene rings is 4. The fraction of sp³-hybridized carbons (Fsp3) is 0.188. The Morgan fingerprint density at radius 3 is 1.80 bits per heavy atom. The van der Waals surface area contributed by atoms with Gasteiger partial charge in [-0.1, -0.05) is 60.1 Å². The molecule has 4 aromatic rings. The van der Waals surface area contributed by atoms with Crippen LogP contribution in [0.1, 0.15) is 33.4 Å². The number of carbonyl (C=O) groups excluding carboxylic acids is 1. The van der Waals surface area contributed by atoms with Gasteiger partial charge in [0.2, 0.25) is 5.91 Å². The van der Waals surface area contributed by atoms with Crippen molar-refractivity contribution in [3.05, 3.63) is 135 Å². The van der Waals surface area contributed by atoms with Gasteiger partial charge in [0.25, 0.3) is 0 Å². The van der Waals surface area contributed by atoms with Crippen molar-refractivity contribution >= 4 is 28.9 Å². The molecule has 1 aliphatic rings. The number of hydrogen-bond donors (Lipinski definition) is 1. The first-order valence-electron chi connectivity index (χ1n) is 13.4. The summed E-state index contributed by atoms with van der Waals surface area (Å²) in [6.45, 7) is -0.606. The highest BCUT2D eigenvalue weighted by Gasteiger charge is 2.47. The molecule has 0 saturated heterocycles. The number of alkyl halides is 9. The SMILES string of the molecule is O=C(CN1CC(c2ccccc2)(c2ccc(C(F)(F)F)cc2)C(c2ccc(C(F)(F)F)c(Cl)c2)=N1)Nc1ccc(C(F)(F)F)cc1. The highest BCUT2D eigenvalue weighted by atomic mass is 35.5. The highest BCUT2D eigenvalue weighted by molar-refractivity contribution is 6.32. The van der Waals surface area contributed by atoms with Gasteiger partial charge >= 0.3 is 18.5 Å². The van der Waals surface area contributed by atoms with Gasteiger partial charge in [-0.25, -0.2) is 0 Å². The van der Waals surface area contributed by atoms with Gasteiger partial charge in [-0.3, -0.25) is 9.80 Å². The molecule has 0 saturated carbocycles. The van der Waals surface area contributed by atoms with Crippen molar-refractivity contribution in [2.45, 2.75) is 23.9 Å². The molecule has 240 valence electrons. The number of carbonyl (C=O) groups is 1. The first kappa shape index (κ1) is 32.9. The van der Waals surface area contributed by atoms with Crippen molar-refractivity contribution in [3.63, 3.8) is 0 Å². The third-order valence-electron chi connectivity index (χ3n) is 7.41. The third kappa shape index (κ3) is 6.69. The standard InChI is InChI=1S/C32H21ClF9N3O/c33-26-16-19(6-15-25(26)32(40,41)42)28-29(20-4-2-1-3-5-20,21-7-9-22(10-8-21)30(34,35)36)18-45(44-28)17-27(46)43-24-13-11-23(12-14-24)31(37,38)39/h1-16H,17-18H2,(H,43,46). The Hall–Kier alpha value is -4.52. The lowest BCUT2D eigenvalue weighted by Gasteiger charge is -2.33. The van der Waals surface area contributed by atoms with Gasteiger partial charge in [0, 0.05) is 11.3 Å². The van der Waals surface area contributed by atoms with Crippen LogP contribution in [0.15, 0.2) is 102 Å². The van der Waals surface area contributed by atoms with E-state index in [9.17, 15) is 44.3 Å². The number of halogens is 10. The van der Waals surface area contributed by atoms with E-state index >= 15 is 0 Å². The summed E-state index contributed by atoms with van der Waals surface area (Å²) >= 11 is 6.05. The maximum atomic E-state index is 13.5. The van der Waals surface area contributed by atoms with E-state index in [0.717, 1.165) is 54.6 Å². The van der Waals surface area contributed by atoms with Crippen LogP contribution in [0, 0.1) is 0 Å². The monoisotopic (exact) mass is 669 g/mol. The number of anilines is 1. The summed E-state index contributed by atoms with van der Waals surface area (Å²) in [5, 5.41) is 7.70. The van der Waals surface area contributed by atoms with Gasteiger partial charge in [0.15, 0.2) is 0 Å². The summed E-state index contributed by atoms with van der Waals surface area (Å²) in [5.41, 5.74) is -3.26. The van der Waals surface area contributed by atoms with Crippen LogP contribution in [-0.4, -0.2) is 29.7 Å². The molecule has 46 heavy (non-hydrogen) atoms. The molecule has 0 aliphatic carbocycles. The van der Waals surface area contributed by atoms with E-state index in [0.29, 0.717) is 11.1 Å². The fourth-order valence-corrected chi connectivity index (χ4v) is 5.58. The second kappa shape index (κ2) is 12.0. The zero-order valence-electron chi connectivity index (χ0n) is 23.2. The number of nitrogens with zero attached hydrogens (tertiary/aromatic N) is 2. The molecule has 0 radical (unpaired) electrons. The Morgan fingerprint density at radius 2 is 1.28 bits per heavy atom. The lowest BCUT2D eigenvalue weighted by Crippen LogP contribution is -2.41. The molecule has 4 aromatic carbocycles. The topological polar surface area (TPSA) is 44.7 Å². The Morgan fingerprint density at radius 1 is 0.739 bits per heavy atom. The fourth-order valence-electron chi connectivity index (χ4n) is 5.30. The van der Waals surface area contributed by atoms with Crippen molar-refractivity contribution < 1.29 is 44.3 Å². The molecule has 1 amide bonds. The van der Waals surface area contributed by atoms with Gasteiger partial charge in [-0.05, 0) is 59.7 Å². The minimum Gasteiger partial charge on any atom is -0.324 e. The van der Waals surface area contributed by atoms with Crippen molar-refractivity contribution in [1.82, 2.24) is 5.01 Å². The van der Waals surface area contributed by atoms with Gasteiger partial charge < -0.3 is 5.32 Å². The van der Waals surface area contributed by atoms with Crippen LogP contribution in [0.2, 0.25) is 5.02 Å². The zero-order chi connectivity index (χ0) is 33.5. The average Bonchev–Trinajstić information content (AvgIpc) is 3.36. The Balaban J connectivity index is 1.58. The summed E-state index contributed by atoms with van der Waals surface area (Å²) in [5.74, 6) is -0.690. The van der Waals surface area contributed by atoms with Crippen molar-refractivity contribution in [1.29, 1.82) is 0 Å². The summed E-state index contributed by atoms with van der Waals surface area (Å²) in [7, 11) is 0. The predicted molar refractivity (Wildman–Crippen MR) is 153 cm³/mol. The van der Waals surface area contributed by atoms with E-state index < -0.39 is 58.1 Å². The lowest BCUT2D eigenvalue weighted by molar-refractivity contribution is -0.138. The van der Waals surface area contributed by atoms with E-state index in [1.807, 2.05) is 0 Å². The molecule has 0 fully saturated rings. The number of rotatable bonds is 6. The van der Waals surface area contributed by atoms with Gasteiger partial charge in [-0.2, -0.15) is 44.6 Å². The smallest absolute Gasteiger partial charge is 0.324 e. The number of hydrogen-bond acceptors (Lipinski definition) is 3. The molecule has 1 heterocycles. The molecule has 4 nitrogen and oxygen atoms in total. The lowest BCUT2D eigenvalue weighted by atomic mass is 9.69. The van der Waals surface area contributed by atoms with Crippen LogP contribution in [0.25, 0.3) is 0 Å². The highest BCUT2D eigenvalue weighted by Crippen LogP contribution is 2.44. The molecule has 0 spiro atoms. The largest absolute Gasteiger partial charge is 0.417 e. The summed E-state index contributed by atoms with van der Waals surface area (Å²) in [6.07, 6.45) is -14.0. The van der Waals surface area contributed by atoms with Gasteiger partial charge in [0.05, 0.1) is 39.4 Å². The zero-order valence-corrected chi connectivity index (χ0v) is 24.0. The molecular weight excluding hydrogens is 649 g/mol. The minimum absolute atomic E-state index is 0.0629. The molecular formula is C32H21ClF9N3O. The summed E-state index contributed by atoms with van der Waals surface area (Å²) in [4.78, 5) is 13.0. The van der Waals surface area contributed by atoms with E-state index in [-0.39, 0.29) is 23.5 Å². The number of hydrazone groups is 1. The number of nitrogens with one attached hydrogen (secondary N) is 1. The van der Waals surface area contributed by atoms with E-state index in [4.69, 9.17) is 11.6 Å². The maximum absolute atomic E-state index is 13.5. The van der Waals surface area contributed by atoms with E-state index in [2.05, 4.69) is 10.4 Å². The Kier molecular flexibility index (Phi) is 8.58. The van der Waals surface area contributed by atoms with Crippen molar-refractivity contribution in [3.8, 4) is 0 Å². The van der Waals surface area contributed by atoms with E-state index in [1.54, 1.807) is 30.3 Å². The van der Waals surface area contributed by atoms with Crippen LogP contribution in [0.3, 0.4) is 0 Å². The van der Waals surface area contributed by atoms with Crippen molar-refractivity contribution in [2.75, 3.05) is 18.4 Å². The van der Waals surface area contributed by atoms with E-state index in [1.165, 1.54) is 17.1 Å². The number of amides is 1. The quantitative estimate of drug-likeness (QED) is 0.208. The molecule has 1 unspecified atom stereocenters. The van der Waals surface area contributed by atoms with Crippen LogP contribution < -0.4 is 5.32 Å². The summed E-state index contributed by atoms with van der Waals surface area (Å²) < 4.78 is 120. The van der Waals surface area contributed by atoms with Gasteiger partial charge in [-0.15, -0.1) is 0 Å². The molecule has 14 heteroatoms. The molecule has 1 atom stereocenters. The Labute approximate surface area is 261 Å². The minimum atomic E-state index is -4.76. The third-order valence-corrected chi connectivity index (χ3v) is 7.72. The molecule has 5 rings (SSSR count). The first-order chi connectivity index (χ1) is 21.5. The maximum Gasteiger partial charge on any atom is 0.417 e. The first-order valence-corrected chi connectivity index (χ1v) is 13.8.